The molecule has 0 radical (unpaired) electrons. The van der Waals surface area contributed by atoms with Gasteiger partial charge < -0.3 is 14.8 Å². The van der Waals surface area contributed by atoms with Crippen LogP contribution >= 0.6 is 0 Å². The van der Waals surface area contributed by atoms with E-state index < -0.39 is 0 Å². The average Bonchev–Trinajstić information content (AvgIpc) is 3.46. The summed E-state index contributed by atoms with van der Waals surface area (Å²) in [6.07, 6.45) is 3.59. The van der Waals surface area contributed by atoms with Crippen LogP contribution in [0.4, 0.5) is 0 Å². The zero-order valence-electron chi connectivity index (χ0n) is 18.8. The van der Waals surface area contributed by atoms with E-state index in [1.165, 1.54) is 0 Å². The van der Waals surface area contributed by atoms with Crippen molar-refractivity contribution in [3.8, 4) is 0 Å². The molecule has 1 fully saturated rings. The number of nitrogens with one attached hydrogen (secondary N) is 1. The second-order valence-corrected chi connectivity index (χ2v) is 8.54. The van der Waals surface area contributed by atoms with Crippen LogP contribution in [0.3, 0.4) is 0 Å². The lowest BCUT2D eigenvalue weighted by molar-refractivity contribution is 0.0888. The molecule has 1 aliphatic rings. The number of aromatic amines is 1. The number of fused-ring (bicyclic) bond motifs is 1. The minimum absolute atomic E-state index is 0.0782. The maximum absolute atomic E-state index is 12.8. The molecule has 0 spiro atoms. The molecule has 1 aromatic carbocycles. The lowest BCUT2D eigenvalue weighted by Gasteiger charge is -2.30. The number of hydrogen-bond acceptors (Lipinski definition) is 7. The third-order valence-corrected chi connectivity index (χ3v) is 6.14. The Kier molecular flexibility index (Phi) is 7.29. The summed E-state index contributed by atoms with van der Waals surface area (Å²) >= 11 is 0. The maximum Gasteiger partial charge on any atom is 0.252 e. The molecule has 1 saturated heterocycles. The Morgan fingerprint density at radius 2 is 2.25 bits per heavy atom. The third kappa shape index (κ3) is 5.06. The van der Waals surface area contributed by atoms with E-state index in [4.69, 9.17) is 4.74 Å². The summed E-state index contributed by atoms with van der Waals surface area (Å²) in [6.45, 7) is 6.71. The van der Waals surface area contributed by atoms with Gasteiger partial charge in [0.05, 0.1) is 18.7 Å². The molecule has 0 bridgehead atoms. The number of aliphatic hydroxyl groups excluding tert-OH is 1. The zero-order chi connectivity index (χ0) is 22.5. The molecule has 1 aliphatic heterocycles. The minimum atomic E-state index is -0.0934. The van der Waals surface area contributed by atoms with Crippen molar-refractivity contribution in [2.24, 2.45) is 0 Å². The Hall–Kier alpha value is -2.62. The van der Waals surface area contributed by atoms with Crippen molar-refractivity contribution in [1.29, 1.82) is 0 Å². The van der Waals surface area contributed by atoms with Crippen LogP contribution in [0.15, 0.2) is 29.1 Å². The fraction of sp³-hybridized carbons (Fsp3) is 0.565. The normalized spacial score (nSPS) is 17.4. The molecule has 172 valence electrons. The molecule has 0 saturated carbocycles. The number of nitrogens with zero attached hydrogens (tertiary/aromatic N) is 5. The van der Waals surface area contributed by atoms with Crippen molar-refractivity contribution in [3.05, 3.63) is 51.6 Å². The Bertz CT molecular complexity index is 1090. The molecular weight excluding hydrogens is 408 g/mol. The molecule has 3 heterocycles. The lowest BCUT2D eigenvalue weighted by atomic mass is 10.1. The molecule has 2 N–H and O–H groups in total. The summed E-state index contributed by atoms with van der Waals surface area (Å²) in [7, 11) is 0. The summed E-state index contributed by atoms with van der Waals surface area (Å²) in [6, 6.07) is 7.90. The first-order chi connectivity index (χ1) is 15.6. The number of aromatic nitrogens is 5. The number of tetrazole rings is 1. The van der Waals surface area contributed by atoms with Crippen molar-refractivity contribution in [2.45, 2.75) is 64.8 Å². The first kappa shape index (κ1) is 22.6. The quantitative estimate of drug-likeness (QED) is 0.498. The highest BCUT2D eigenvalue weighted by Gasteiger charge is 2.27. The van der Waals surface area contributed by atoms with Crippen LogP contribution in [-0.2, 0) is 17.8 Å². The molecule has 2 atom stereocenters. The molecule has 9 heteroatoms. The monoisotopic (exact) mass is 440 g/mol. The Labute approximate surface area is 187 Å². The van der Waals surface area contributed by atoms with Crippen LogP contribution < -0.4 is 5.56 Å². The Morgan fingerprint density at radius 1 is 1.38 bits per heavy atom. The second kappa shape index (κ2) is 10.3. The summed E-state index contributed by atoms with van der Waals surface area (Å²) < 4.78 is 7.61. The maximum atomic E-state index is 12.8. The second-order valence-electron chi connectivity index (χ2n) is 8.54. The van der Waals surface area contributed by atoms with E-state index in [1.54, 1.807) is 0 Å². The summed E-state index contributed by atoms with van der Waals surface area (Å²) in [5.41, 5.74) is 2.58. The van der Waals surface area contributed by atoms with E-state index in [0.717, 1.165) is 48.2 Å². The first-order valence-electron chi connectivity index (χ1n) is 11.4. The highest BCUT2D eigenvalue weighted by atomic mass is 16.5. The smallest absolute Gasteiger partial charge is 0.252 e. The third-order valence-electron chi connectivity index (χ3n) is 6.14. The predicted molar refractivity (Wildman–Crippen MR) is 121 cm³/mol. The van der Waals surface area contributed by atoms with E-state index >= 15 is 0 Å². The van der Waals surface area contributed by atoms with Crippen LogP contribution in [0.25, 0.3) is 10.9 Å². The minimum Gasteiger partial charge on any atom is -0.396 e. The van der Waals surface area contributed by atoms with Gasteiger partial charge >= 0.3 is 0 Å². The number of ether oxygens (including phenoxy) is 1. The van der Waals surface area contributed by atoms with Crippen molar-refractivity contribution in [2.75, 3.05) is 19.8 Å². The number of pyridine rings is 1. The Balaban J connectivity index is 1.63. The fourth-order valence-electron chi connectivity index (χ4n) is 4.49. The SMILES string of the molecule is CC[C@@H](c1nnnn1C[C@@H]1CCCO1)N(CCCO)Cc1cc2cc(C)ccc2[nH]c1=O. The van der Waals surface area contributed by atoms with Gasteiger partial charge in [-0.25, -0.2) is 4.68 Å². The lowest BCUT2D eigenvalue weighted by Crippen LogP contribution is -2.34. The topological polar surface area (TPSA) is 109 Å². The number of hydrogen-bond donors (Lipinski definition) is 2. The number of rotatable bonds is 10. The van der Waals surface area contributed by atoms with Crippen LogP contribution in [0, 0.1) is 6.92 Å². The highest BCUT2D eigenvalue weighted by molar-refractivity contribution is 5.79. The van der Waals surface area contributed by atoms with Gasteiger partial charge in [-0.15, -0.1) is 5.10 Å². The molecule has 0 aliphatic carbocycles. The van der Waals surface area contributed by atoms with Crippen LogP contribution in [0.2, 0.25) is 0 Å². The van der Waals surface area contributed by atoms with Crippen LogP contribution in [-0.4, -0.2) is 61.1 Å². The number of aliphatic hydroxyl groups is 1. The largest absolute Gasteiger partial charge is 0.396 e. The van der Waals surface area contributed by atoms with Crippen molar-refractivity contribution >= 4 is 10.9 Å². The molecule has 0 unspecified atom stereocenters. The average molecular weight is 441 g/mol. The molecule has 9 nitrogen and oxygen atoms in total. The van der Waals surface area contributed by atoms with Crippen molar-refractivity contribution in [1.82, 2.24) is 30.1 Å². The van der Waals surface area contributed by atoms with Gasteiger partial charge in [0.15, 0.2) is 5.82 Å². The van der Waals surface area contributed by atoms with E-state index in [-0.39, 0.29) is 24.3 Å². The fourth-order valence-corrected chi connectivity index (χ4v) is 4.49. The van der Waals surface area contributed by atoms with Gasteiger partial charge in [-0.05, 0) is 66.6 Å². The van der Waals surface area contributed by atoms with Gasteiger partial charge in [0.25, 0.3) is 5.56 Å². The molecule has 32 heavy (non-hydrogen) atoms. The summed E-state index contributed by atoms with van der Waals surface area (Å²) in [4.78, 5) is 18.0. The van der Waals surface area contributed by atoms with Gasteiger partial charge in [0, 0.05) is 37.4 Å². The zero-order valence-corrected chi connectivity index (χ0v) is 18.8. The van der Waals surface area contributed by atoms with Crippen molar-refractivity contribution in [3.63, 3.8) is 0 Å². The summed E-state index contributed by atoms with van der Waals surface area (Å²) in [5, 5.41) is 23.0. The van der Waals surface area contributed by atoms with Gasteiger partial charge in [-0.1, -0.05) is 18.6 Å². The van der Waals surface area contributed by atoms with Gasteiger partial charge in [-0.3, -0.25) is 9.69 Å². The van der Waals surface area contributed by atoms with Crippen molar-refractivity contribution < 1.29 is 9.84 Å². The number of H-pyrrole nitrogens is 1. The summed E-state index contributed by atoms with van der Waals surface area (Å²) in [5.74, 6) is 0.772. The molecule has 0 amide bonds. The highest BCUT2D eigenvalue weighted by Crippen LogP contribution is 2.26. The van der Waals surface area contributed by atoms with Gasteiger partial charge in [-0.2, -0.15) is 0 Å². The van der Waals surface area contributed by atoms with Crippen LogP contribution in [0.1, 0.15) is 55.6 Å². The number of benzene rings is 1. The Morgan fingerprint density at radius 3 is 3.00 bits per heavy atom. The molecule has 4 rings (SSSR count). The van der Waals surface area contributed by atoms with E-state index in [2.05, 4.69) is 38.4 Å². The van der Waals surface area contributed by atoms with Gasteiger partial charge in [0.1, 0.15) is 0 Å². The molecule has 2 aromatic heterocycles. The van der Waals surface area contributed by atoms with Gasteiger partial charge in [0.2, 0.25) is 0 Å². The number of aryl methyl sites for hydroxylation is 1. The first-order valence-corrected chi connectivity index (χ1v) is 11.4. The van der Waals surface area contributed by atoms with E-state index in [0.29, 0.717) is 31.6 Å². The van der Waals surface area contributed by atoms with E-state index in [1.807, 2.05) is 29.8 Å². The predicted octanol–water partition coefficient (Wildman–Crippen LogP) is 2.34. The standard InChI is InChI=1S/C23H32N6O3/c1-3-21(22-25-26-27-29(22)15-19-6-4-11-32-19)28(9-5-10-30)14-18-13-17-12-16(2)7-8-20(17)24-23(18)31/h7-8,12-13,19,21,30H,3-6,9-11,14-15H2,1-2H3,(H,24,31)/t19-,21-/m0/s1. The van der Waals surface area contributed by atoms with E-state index in [9.17, 15) is 9.90 Å². The molecular formula is C23H32N6O3. The molecule has 3 aromatic rings. The van der Waals surface area contributed by atoms with Crippen LogP contribution in [0.5, 0.6) is 0 Å².